The molecule has 0 amide bonds. The smallest absolute Gasteiger partial charge is 0.303 e. The number of nitrogens with one attached hydrogen (secondary N) is 1. The zero-order chi connectivity index (χ0) is 18.1. The fraction of sp³-hybridized carbons (Fsp3) is 0.550. The maximum Gasteiger partial charge on any atom is 0.303 e. The molecule has 0 heterocycles. The second-order valence-electron chi connectivity index (χ2n) is 6.61. The van der Waals surface area contributed by atoms with Crippen molar-refractivity contribution in [3.05, 3.63) is 48.0 Å². The van der Waals surface area contributed by atoms with Gasteiger partial charge in [-0.2, -0.15) is 0 Å². The standard InChI is InChI=1S/C20H29NO4/c1-21-20-16(11-7-2-3-8-12-19(23)24)18(13-17(20)22)25-14-15-9-5-4-6-10-15/h2,4-7,9-10,16-18,20-22H,3,8,11-14H2,1H3,(H,23,24)/t16-,17+,18-,20+/m1/s1. The number of ether oxygens (including phenoxy) is 1. The number of hydrogen-bond donors (Lipinski definition) is 3. The molecular formula is C20H29NO4. The summed E-state index contributed by atoms with van der Waals surface area (Å²) in [5, 5.41) is 22.2. The van der Waals surface area contributed by atoms with Crippen LogP contribution in [0.3, 0.4) is 0 Å². The summed E-state index contributed by atoms with van der Waals surface area (Å²) in [4.78, 5) is 10.5. The Morgan fingerprint density at radius 1 is 1.32 bits per heavy atom. The highest BCUT2D eigenvalue weighted by Gasteiger charge is 2.41. The van der Waals surface area contributed by atoms with E-state index in [0.717, 1.165) is 18.4 Å². The minimum atomic E-state index is -0.753. The number of aliphatic carboxylic acids is 1. The molecule has 5 nitrogen and oxygen atoms in total. The average molecular weight is 347 g/mol. The molecule has 1 aromatic rings. The molecular weight excluding hydrogens is 318 g/mol. The number of rotatable bonds is 10. The summed E-state index contributed by atoms with van der Waals surface area (Å²) in [7, 11) is 1.87. The number of unbranched alkanes of at least 4 members (excludes halogenated alkanes) is 1. The Balaban J connectivity index is 1.86. The normalized spacial score (nSPS) is 26.3. The van der Waals surface area contributed by atoms with Crippen molar-refractivity contribution in [2.24, 2.45) is 5.92 Å². The number of likely N-dealkylation sites (N-methyl/N-ethyl adjacent to an activating group) is 1. The second kappa shape index (κ2) is 10.3. The lowest BCUT2D eigenvalue weighted by atomic mass is 9.96. The summed E-state index contributed by atoms with van der Waals surface area (Å²) >= 11 is 0. The number of carbonyl (C=O) groups is 1. The second-order valence-corrected chi connectivity index (χ2v) is 6.61. The van der Waals surface area contributed by atoms with Crippen LogP contribution in [0.2, 0.25) is 0 Å². The van der Waals surface area contributed by atoms with Crippen LogP contribution in [0, 0.1) is 5.92 Å². The average Bonchev–Trinajstić information content (AvgIpc) is 2.91. The third-order valence-corrected chi connectivity index (χ3v) is 4.80. The predicted molar refractivity (Wildman–Crippen MR) is 97.2 cm³/mol. The minimum absolute atomic E-state index is 0.0105. The molecule has 25 heavy (non-hydrogen) atoms. The number of carboxylic acid groups (broad SMARTS) is 1. The van der Waals surface area contributed by atoms with Crippen LogP contribution in [0.5, 0.6) is 0 Å². The van der Waals surface area contributed by atoms with E-state index in [1.54, 1.807) is 0 Å². The molecule has 0 unspecified atom stereocenters. The van der Waals surface area contributed by atoms with Gasteiger partial charge in [-0.1, -0.05) is 42.5 Å². The van der Waals surface area contributed by atoms with Crippen LogP contribution >= 0.6 is 0 Å². The molecule has 1 aliphatic carbocycles. The van der Waals surface area contributed by atoms with Gasteiger partial charge in [0.15, 0.2) is 0 Å². The van der Waals surface area contributed by atoms with Crippen LogP contribution in [-0.4, -0.2) is 41.5 Å². The number of aliphatic hydroxyl groups is 1. The van der Waals surface area contributed by atoms with Gasteiger partial charge in [-0.15, -0.1) is 0 Å². The van der Waals surface area contributed by atoms with E-state index in [4.69, 9.17) is 9.84 Å². The van der Waals surface area contributed by atoms with Crippen LogP contribution in [0.25, 0.3) is 0 Å². The highest BCUT2D eigenvalue weighted by molar-refractivity contribution is 5.66. The third-order valence-electron chi connectivity index (χ3n) is 4.80. The highest BCUT2D eigenvalue weighted by Crippen LogP contribution is 2.32. The molecule has 1 aliphatic rings. The van der Waals surface area contributed by atoms with E-state index in [-0.39, 0.29) is 24.5 Å². The lowest BCUT2D eigenvalue weighted by molar-refractivity contribution is -0.137. The van der Waals surface area contributed by atoms with E-state index in [1.807, 2.05) is 43.5 Å². The van der Waals surface area contributed by atoms with Crippen LogP contribution < -0.4 is 5.32 Å². The quantitative estimate of drug-likeness (QED) is 0.448. The van der Waals surface area contributed by atoms with Gasteiger partial charge >= 0.3 is 5.97 Å². The maximum absolute atomic E-state index is 10.5. The Morgan fingerprint density at radius 2 is 2.08 bits per heavy atom. The van der Waals surface area contributed by atoms with E-state index >= 15 is 0 Å². The molecule has 5 heteroatoms. The number of hydrogen-bond acceptors (Lipinski definition) is 4. The van der Waals surface area contributed by atoms with Crippen molar-refractivity contribution in [3.8, 4) is 0 Å². The molecule has 1 fully saturated rings. The number of allylic oxidation sites excluding steroid dienone is 2. The molecule has 2 rings (SSSR count). The van der Waals surface area contributed by atoms with Gasteiger partial charge in [0.2, 0.25) is 0 Å². The molecule has 0 aromatic heterocycles. The first-order chi connectivity index (χ1) is 12.1. The van der Waals surface area contributed by atoms with Crippen molar-refractivity contribution >= 4 is 5.97 Å². The van der Waals surface area contributed by atoms with Gasteiger partial charge in [-0.05, 0) is 31.9 Å². The van der Waals surface area contributed by atoms with Gasteiger partial charge in [0, 0.05) is 24.8 Å². The van der Waals surface area contributed by atoms with Crippen LogP contribution in [-0.2, 0) is 16.1 Å². The number of carboxylic acids is 1. The van der Waals surface area contributed by atoms with Crippen molar-refractivity contribution < 1.29 is 19.7 Å². The topological polar surface area (TPSA) is 78.8 Å². The summed E-state index contributed by atoms with van der Waals surface area (Å²) in [5.41, 5.74) is 1.13. The van der Waals surface area contributed by atoms with Crippen LogP contribution in [0.1, 0.15) is 37.7 Å². The van der Waals surface area contributed by atoms with Gasteiger partial charge in [0.05, 0.1) is 18.8 Å². The Morgan fingerprint density at radius 3 is 2.76 bits per heavy atom. The summed E-state index contributed by atoms with van der Waals surface area (Å²) in [6, 6.07) is 10.1. The lowest BCUT2D eigenvalue weighted by Gasteiger charge is -2.24. The molecule has 0 spiro atoms. The molecule has 1 aromatic carbocycles. The van der Waals surface area contributed by atoms with E-state index in [9.17, 15) is 9.90 Å². The van der Waals surface area contributed by atoms with E-state index < -0.39 is 12.1 Å². The van der Waals surface area contributed by atoms with Crippen LogP contribution in [0.4, 0.5) is 0 Å². The van der Waals surface area contributed by atoms with E-state index in [1.165, 1.54) is 0 Å². The Bertz CT molecular complexity index is 546. The minimum Gasteiger partial charge on any atom is -0.481 e. The predicted octanol–water partition coefficient (Wildman–Crippen LogP) is 2.74. The molecule has 4 atom stereocenters. The van der Waals surface area contributed by atoms with Crippen molar-refractivity contribution in [2.45, 2.75) is 57.0 Å². The number of aliphatic hydroxyl groups excluding tert-OH is 1. The Labute approximate surface area is 149 Å². The molecule has 0 radical (unpaired) electrons. The summed E-state index contributed by atoms with van der Waals surface area (Å²) in [6.07, 6.45) is 6.80. The van der Waals surface area contributed by atoms with E-state index in [2.05, 4.69) is 11.4 Å². The Hall–Kier alpha value is -1.69. The first-order valence-electron chi connectivity index (χ1n) is 8.99. The van der Waals surface area contributed by atoms with Gasteiger partial charge in [-0.25, -0.2) is 0 Å². The Kier molecular flexibility index (Phi) is 8.12. The monoisotopic (exact) mass is 347 g/mol. The third kappa shape index (κ3) is 6.27. The van der Waals surface area contributed by atoms with Gasteiger partial charge in [-0.3, -0.25) is 4.79 Å². The first-order valence-corrected chi connectivity index (χ1v) is 8.99. The van der Waals surface area contributed by atoms with Crippen molar-refractivity contribution in [2.75, 3.05) is 7.05 Å². The SMILES string of the molecule is CN[C@H]1[C@H](CC=CCCCC(=O)O)[C@H](OCc2ccccc2)C[C@@H]1O. The molecule has 0 saturated heterocycles. The van der Waals surface area contributed by atoms with Gasteiger partial charge in [0.1, 0.15) is 0 Å². The van der Waals surface area contributed by atoms with Crippen molar-refractivity contribution in [3.63, 3.8) is 0 Å². The zero-order valence-electron chi connectivity index (χ0n) is 14.8. The summed E-state index contributed by atoms with van der Waals surface area (Å²) in [6.45, 7) is 0.549. The summed E-state index contributed by atoms with van der Waals surface area (Å²) in [5.74, 6) is -0.545. The summed E-state index contributed by atoms with van der Waals surface area (Å²) < 4.78 is 6.10. The fourth-order valence-corrected chi connectivity index (χ4v) is 3.49. The largest absolute Gasteiger partial charge is 0.481 e. The molecule has 0 aliphatic heterocycles. The molecule has 0 bridgehead atoms. The van der Waals surface area contributed by atoms with Crippen LogP contribution in [0.15, 0.2) is 42.5 Å². The van der Waals surface area contributed by atoms with Gasteiger partial charge < -0.3 is 20.3 Å². The molecule has 138 valence electrons. The molecule has 3 N–H and O–H groups in total. The molecule has 1 saturated carbocycles. The van der Waals surface area contributed by atoms with Crippen molar-refractivity contribution in [1.29, 1.82) is 0 Å². The van der Waals surface area contributed by atoms with E-state index in [0.29, 0.717) is 19.4 Å². The highest BCUT2D eigenvalue weighted by atomic mass is 16.5. The maximum atomic E-state index is 10.5. The number of benzene rings is 1. The fourth-order valence-electron chi connectivity index (χ4n) is 3.49. The lowest BCUT2D eigenvalue weighted by Crippen LogP contribution is -2.39. The van der Waals surface area contributed by atoms with Crippen molar-refractivity contribution in [1.82, 2.24) is 5.32 Å². The zero-order valence-corrected chi connectivity index (χ0v) is 14.8. The first kappa shape index (κ1) is 19.6. The van der Waals surface area contributed by atoms with Gasteiger partial charge in [0.25, 0.3) is 0 Å².